The lowest BCUT2D eigenvalue weighted by atomic mass is 10.2. The van der Waals surface area contributed by atoms with Crippen LogP contribution in [0.2, 0.25) is 0 Å². The van der Waals surface area contributed by atoms with Gasteiger partial charge in [0.25, 0.3) is 5.56 Å². The van der Waals surface area contributed by atoms with Crippen molar-refractivity contribution in [2.24, 2.45) is 0 Å². The highest BCUT2D eigenvalue weighted by Gasteiger charge is 2.15. The average Bonchev–Trinajstić information content (AvgIpc) is 3.37. The zero-order chi connectivity index (χ0) is 22.9. The fourth-order valence-corrected chi connectivity index (χ4v) is 4.02. The molecule has 1 amide bonds. The maximum Gasteiger partial charge on any atom is 0.329 e. The zero-order valence-corrected chi connectivity index (χ0v) is 17.9. The molecule has 0 aliphatic carbocycles. The van der Waals surface area contributed by atoms with E-state index in [1.807, 2.05) is 37.3 Å². The van der Waals surface area contributed by atoms with E-state index in [0.29, 0.717) is 29.0 Å². The number of H-pyrrole nitrogens is 1. The molecule has 10 heteroatoms. The van der Waals surface area contributed by atoms with E-state index in [2.05, 4.69) is 20.4 Å². The van der Waals surface area contributed by atoms with Gasteiger partial charge in [0, 0.05) is 19.5 Å². The van der Waals surface area contributed by atoms with Crippen LogP contribution in [0.5, 0.6) is 0 Å². The summed E-state index contributed by atoms with van der Waals surface area (Å²) in [5, 5.41) is 7.53. The number of aromatic nitrogens is 6. The van der Waals surface area contributed by atoms with Gasteiger partial charge < -0.3 is 10.3 Å². The lowest BCUT2D eigenvalue weighted by Crippen LogP contribution is -2.26. The van der Waals surface area contributed by atoms with Gasteiger partial charge in [-0.25, -0.2) is 14.5 Å². The monoisotopic (exact) mass is 443 g/mol. The van der Waals surface area contributed by atoms with Crippen LogP contribution in [0.25, 0.3) is 27.8 Å². The number of nitrogens with zero attached hydrogens (tertiary/aromatic N) is 5. The van der Waals surface area contributed by atoms with E-state index in [4.69, 9.17) is 0 Å². The molecule has 0 saturated carbocycles. The molecule has 3 aromatic heterocycles. The molecule has 0 aliphatic rings. The maximum absolute atomic E-state index is 12.8. The number of hydrogen-bond acceptors (Lipinski definition) is 5. The number of hydrogen-bond donors (Lipinski definition) is 2. The molecule has 0 spiro atoms. The fourth-order valence-electron chi connectivity index (χ4n) is 4.02. The van der Waals surface area contributed by atoms with Crippen molar-refractivity contribution in [1.29, 1.82) is 0 Å². The second-order valence-corrected chi connectivity index (χ2v) is 7.51. The molecular formula is C23H21N7O3. The van der Waals surface area contributed by atoms with E-state index < -0.39 is 0 Å². The number of carbonyl (C=O) groups is 1. The summed E-state index contributed by atoms with van der Waals surface area (Å²) in [6.45, 7) is 2.73. The van der Waals surface area contributed by atoms with Gasteiger partial charge in [-0.2, -0.15) is 5.10 Å². The van der Waals surface area contributed by atoms with Crippen LogP contribution in [-0.2, 0) is 17.9 Å². The smallest absolute Gasteiger partial charge is 0.324 e. The summed E-state index contributed by atoms with van der Waals surface area (Å²) in [5.41, 5.74) is 2.73. The van der Waals surface area contributed by atoms with Crippen molar-refractivity contribution in [3.63, 3.8) is 0 Å². The van der Waals surface area contributed by atoms with E-state index in [9.17, 15) is 14.4 Å². The third-order valence-corrected chi connectivity index (χ3v) is 5.58. The van der Waals surface area contributed by atoms with Crippen LogP contribution < -0.4 is 16.6 Å². The molecule has 10 nitrogen and oxygen atoms in total. The Hall–Kier alpha value is -4.47. The molecule has 2 aromatic carbocycles. The Morgan fingerprint density at radius 2 is 1.76 bits per heavy atom. The van der Waals surface area contributed by atoms with E-state index in [-0.39, 0.29) is 30.1 Å². The number of fused-ring (bicyclic) bond motifs is 2. The quantitative estimate of drug-likeness (QED) is 0.417. The van der Waals surface area contributed by atoms with Crippen LogP contribution in [0.15, 0.2) is 70.6 Å². The van der Waals surface area contributed by atoms with Gasteiger partial charge in [0.05, 0.1) is 34.9 Å². The topological polar surface area (TPSA) is 120 Å². The van der Waals surface area contributed by atoms with Gasteiger partial charge in [0.2, 0.25) is 5.91 Å². The molecule has 166 valence electrons. The second kappa shape index (κ2) is 8.23. The highest BCUT2D eigenvalue weighted by atomic mass is 16.2. The molecule has 33 heavy (non-hydrogen) atoms. The Morgan fingerprint density at radius 1 is 1.03 bits per heavy atom. The van der Waals surface area contributed by atoms with Crippen molar-refractivity contribution >= 4 is 33.7 Å². The standard InChI is InChI=1S/C23H21N7O3/c1-2-28-18-9-5-6-10-19(18)29(23(28)33)12-11-20(31)27-16-7-3-4-8-17(16)30-21-15(13-26-30)22(32)25-14-24-21/h3-10,13-14H,2,11-12H2,1H3,(H,27,31)(H,24,25,32). The third-order valence-electron chi connectivity index (χ3n) is 5.58. The molecule has 0 saturated heterocycles. The fraction of sp³-hybridized carbons (Fsp3) is 0.174. The Labute approximate surface area is 187 Å². The highest BCUT2D eigenvalue weighted by Crippen LogP contribution is 2.22. The summed E-state index contributed by atoms with van der Waals surface area (Å²) in [6, 6.07) is 14.7. The Balaban J connectivity index is 1.41. The summed E-state index contributed by atoms with van der Waals surface area (Å²) in [4.78, 5) is 44.4. The first-order chi connectivity index (χ1) is 16.1. The Bertz CT molecular complexity index is 1610. The van der Waals surface area contributed by atoms with Crippen LogP contribution in [0.3, 0.4) is 0 Å². The lowest BCUT2D eigenvalue weighted by Gasteiger charge is -2.12. The van der Waals surface area contributed by atoms with E-state index in [1.165, 1.54) is 17.2 Å². The minimum absolute atomic E-state index is 0.115. The van der Waals surface area contributed by atoms with Crippen molar-refractivity contribution in [2.45, 2.75) is 26.4 Å². The summed E-state index contributed by atoms with van der Waals surface area (Å²) in [7, 11) is 0. The number of anilines is 1. The number of amides is 1. The van der Waals surface area contributed by atoms with Gasteiger partial charge in [-0.15, -0.1) is 0 Å². The molecule has 0 unspecified atom stereocenters. The molecule has 2 N–H and O–H groups in total. The number of benzene rings is 2. The predicted octanol–water partition coefficient (Wildman–Crippen LogP) is 2.27. The normalized spacial score (nSPS) is 11.3. The van der Waals surface area contributed by atoms with Gasteiger partial charge in [0.1, 0.15) is 5.39 Å². The lowest BCUT2D eigenvalue weighted by molar-refractivity contribution is -0.116. The number of para-hydroxylation sites is 4. The van der Waals surface area contributed by atoms with Crippen molar-refractivity contribution < 1.29 is 4.79 Å². The second-order valence-electron chi connectivity index (χ2n) is 7.51. The molecule has 3 heterocycles. The highest BCUT2D eigenvalue weighted by molar-refractivity contribution is 5.93. The number of aromatic amines is 1. The molecule has 0 radical (unpaired) electrons. The number of imidazole rings is 1. The van der Waals surface area contributed by atoms with Crippen LogP contribution >= 0.6 is 0 Å². The Kier molecular flexibility index (Phi) is 5.09. The molecule has 5 aromatic rings. The van der Waals surface area contributed by atoms with Crippen LogP contribution in [0.4, 0.5) is 5.69 Å². The average molecular weight is 443 g/mol. The largest absolute Gasteiger partial charge is 0.329 e. The SMILES string of the molecule is CCn1c(=O)n(CCC(=O)Nc2ccccc2-n2ncc3c(=O)[nH]cnc32)c2ccccc21. The number of carbonyl (C=O) groups excluding carboxylic acids is 1. The number of aryl methyl sites for hydroxylation is 2. The van der Waals surface area contributed by atoms with E-state index in [1.54, 1.807) is 27.3 Å². The summed E-state index contributed by atoms with van der Waals surface area (Å²) in [5.74, 6) is -0.245. The number of rotatable bonds is 6. The Morgan fingerprint density at radius 3 is 2.55 bits per heavy atom. The predicted molar refractivity (Wildman–Crippen MR) is 125 cm³/mol. The van der Waals surface area contributed by atoms with Crippen LogP contribution in [0.1, 0.15) is 13.3 Å². The zero-order valence-electron chi connectivity index (χ0n) is 17.9. The van der Waals surface area contributed by atoms with Crippen molar-refractivity contribution in [2.75, 3.05) is 5.32 Å². The molecule has 5 rings (SSSR count). The molecule has 0 aliphatic heterocycles. The molecule has 0 atom stereocenters. The minimum atomic E-state index is -0.288. The molecule has 0 fully saturated rings. The summed E-state index contributed by atoms with van der Waals surface area (Å²) < 4.78 is 4.83. The summed E-state index contributed by atoms with van der Waals surface area (Å²) >= 11 is 0. The first-order valence-electron chi connectivity index (χ1n) is 10.6. The van der Waals surface area contributed by atoms with Crippen molar-refractivity contribution in [3.05, 3.63) is 81.9 Å². The van der Waals surface area contributed by atoms with Crippen LogP contribution in [-0.4, -0.2) is 34.8 Å². The summed E-state index contributed by atoms with van der Waals surface area (Å²) in [6.07, 6.45) is 2.87. The van der Waals surface area contributed by atoms with Gasteiger partial charge in [0.15, 0.2) is 5.65 Å². The van der Waals surface area contributed by atoms with Gasteiger partial charge >= 0.3 is 5.69 Å². The van der Waals surface area contributed by atoms with E-state index in [0.717, 1.165) is 11.0 Å². The van der Waals surface area contributed by atoms with E-state index >= 15 is 0 Å². The molecular weight excluding hydrogens is 422 g/mol. The van der Waals surface area contributed by atoms with Gasteiger partial charge in [-0.05, 0) is 31.2 Å². The first-order valence-corrected chi connectivity index (χ1v) is 10.6. The van der Waals surface area contributed by atoms with Crippen molar-refractivity contribution in [1.82, 2.24) is 28.9 Å². The van der Waals surface area contributed by atoms with Gasteiger partial charge in [-0.1, -0.05) is 24.3 Å². The third kappa shape index (κ3) is 3.51. The minimum Gasteiger partial charge on any atom is -0.324 e. The van der Waals surface area contributed by atoms with Gasteiger partial charge in [-0.3, -0.25) is 18.7 Å². The number of nitrogens with one attached hydrogen (secondary N) is 2. The van der Waals surface area contributed by atoms with Crippen LogP contribution in [0, 0.1) is 0 Å². The maximum atomic E-state index is 12.8. The van der Waals surface area contributed by atoms with Crippen molar-refractivity contribution in [3.8, 4) is 5.69 Å². The molecule has 0 bridgehead atoms. The first kappa shape index (κ1) is 20.4.